The van der Waals surface area contributed by atoms with Crippen LogP contribution in [0, 0.1) is 11.3 Å². The monoisotopic (exact) mass is 353 g/mol. The molecule has 0 saturated heterocycles. The molecular weight excluding hydrogens is 330 g/mol. The van der Waals surface area contributed by atoms with Gasteiger partial charge >= 0.3 is 0 Å². The van der Waals surface area contributed by atoms with Crippen LogP contribution in [-0.4, -0.2) is 12.5 Å². The van der Waals surface area contributed by atoms with Crippen molar-refractivity contribution in [1.29, 1.82) is 5.26 Å². The minimum atomic E-state index is -0.465. The van der Waals surface area contributed by atoms with Crippen LogP contribution in [0.25, 0.3) is 0 Å². The third kappa shape index (κ3) is 6.36. The Morgan fingerprint density at radius 2 is 2.08 bits per heavy atom. The number of nitrogens with zero attached hydrogens (tertiary/aromatic N) is 1. The van der Waals surface area contributed by atoms with Gasteiger partial charge in [-0.3, -0.25) is 4.79 Å². The van der Waals surface area contributed by atoms with Gasteiger partial charge in [-0.25, -0.2) is 0 Å². The molecule has 6 nitrogen and oxygen atoms in total. The molecule has 26 heavy (non-hydrogen) atoms. The van der Waals surface area contributed by atoms with Gasteiger partial charge in [-0.2, -0.15) is 5.26 Å². The fourth-order valence-corrected chi connectivity index (χ4v) is 2.17. The molecule has 0 radical (unpaired) electrons. The molecule has 1 heterocycles. The van der Waals surface area contributed by atoms with E-state index in [0.717, 1.165) is 30.7 Å². The van der Waals surface area contributed by atoms with E-state index in [1.54, 1.807) is 12.1 Å². The minimum absolute atomic E-state index is 0.0172. The highest BCUT2D eigenvalue weighted by Gasteiger charge is 2.09. The van der Waals surface area contributed by atoms with Gasteiger partial charge in [0.15, 0.2) is 0 Å². The van der Waals surface area contributed by atoms with E-state index < -0.39 is 5.91 Å². The molecule has 0 bridgehead atoms. The topological polar surface area (TPSA) is 87.3 Å². The summed E-state index contributed by atoms with van der Waals surface area (Å²) in [6, 6.07) is 12.7. The number of nitrogens with one attached hydrogen (secondary N) is 2. The molecule has 0 fully saturated rings. The first-order chi connectivity index (χ1) is 12.7. The number of hydrogen-bond acceptors (Lipinski definition) is 5. The molecule has 2 N–H and O–H groups in total. The largest absolute Gasteiger partial charge is 0.494 e. The summed E-state index contributed by atoms with van der Waals surface area (Å²) in [5, 5.41) is 14.7. The SMILES string of the molecule is CCCCCOc1ccc(N/C=C(/C#N)C(=O)NCc2ccco2)cc1. The predicted octanol–water partition coefficient (Wildman–Crippen LogP) is 3.98. The second-order valence-electron chi connectivity index (χ2n) is 5.66. The number of hydrogen-bond donors (Lipinski definition) is 2. The Labute approximate surface area is 153 Å². The molecule has 6 heteroatoms. The van der Waals surface area contributed by atoms with Gasteiger partial charge in [0.1, 0.15) is 23.2 Å². The van der Waals surface area contributed by atoms with E-state index in [1.165, 1.54) is 12.5 Å². The number of amides is 1. The zero-order valence-electron chi connectivity index (χ0n) is 14.8. The molecular formula is C20H23N3O3. The van der Waals surface area contributed by atoms with Gasteiger partial charge in [0.25, 0.3) is 5.91 Å². The van der Waals surface area contributed by atoms with Crippen molar-refractivity contribution in [3.05, 3.63) is 60.2 Å². The molecule has 0 aliphatic rings. The Hall–Kier alpha value is -3.20. The molecule has 0 atom stereocenters. The summed E-state index contributed by atoms with van der Waals surface area (Å²) in [7, 11) is 0. The van der Waals surface area contributed by atoms with Crippen LogP contribution in [0.3, 0.4) is 0 Å². The smallest absolute Gasteiger partial charge is 0.263 e. The Morgan fingerprint density at radius 1 is 1.27 bits per heavy atom. The lowest BCUT2D eigenvalue weighted by Gasteiger charge is -2.07. The first kappa shape index (κ1) is 19.1. The van der Waals surface area contributed by atoms with Crippen LogP contribution in [-0.2, 0) is 11.3 Å². The molecule has 0 saturated carbocycles. The fraction of sp³-hybridized carbons (Fsp3) is 0.300. The van der Waals surface area contributed by atoms with Crippen molar-refractivity contribution < 1.29 is 13.9 Å². The number of ether oxygens (including phenoxy) is 1. The number of furan rings is 1. The number of nitriles is 1. The van der Waals surface area contributed by atoms with Crippen molar-refractivity contribution in [1.82, 2.24) is 5.32 Å². The minimum Gasteiger partial charge on any atom is -0.494 e. The predicted molar refractivity (Wildman–Crippen MR) is 99.3 cm³/mol. The van der Waals surface area contributed by atoms with Gasteiger partial charge in [0.2, 0.25) is 0 Å². The van der Waals surface area contributed by atoms with Gasteiger partial charge in [-0.15, -0.1) is 0 Å². The molecule has 0 spiro atoms. The molecule has 1 aromatic heterocycles. The van der Waals surface area contributed by atoms with Crippen LogP contribution in [0.5, 0.6) is 5.75 Å². The zero-order valence-corrected chi connectivity index (χ0v) is 14.8. The molecule has 2 aromatic rings. The lowest BCUT2D eigenvalue weighted by molar-refractivity contribution is -0.117. The van der Waals surface area contributed by atoms with Crippen LogP contribution >= 0.6 is 0 Å². The summed E-state index contributed by atoms with van der Waals surface area (Å²) < 4.78 is 10.8. The first-order valence-electron chi connectivity index (χ1n) is 8.63. The normalized spacial score (nSPS) is 10.8. The van der Waals surface area contributed by atoms with Crippen LogP contribution in [0.15, 0.2) is 58.9 Å². The van der Waals surface area contributed by atoms with Crippen LogP contribution in [0.4, 0.5) is 5.69 Å². The van der Waals surface area contributed by atoms with E-state index in [-0.39, 0.29) is 12.1 Å². The second-order valence-corrected chi connectivity index (χ2v) is 5.66. The summed E-state index contributed by atoms with van der Waals surface area (Å²) in [6.07, 6.45) is 6.27. The summed E-state index contributed by atoms with van der Waals surface area (Å²) in [5.41, 5.74) is 0.744. The molecule has 1 amide bonds. The Kier molecular flexibility index (Phi) is 7.81. The zero-order chi connectivity index (χ0) is 18.6. The number of unbranched alkanes of at least 4 members (excludes halogenated alkanes) is 2. The lowest BCUT2D eigenvalue weighted by atomic mass is 10.2. The molecule has 0 aliphatic carbocycles. The van der Waals surface area contributed by atoms with Crippen LogP contribution in [0.2, 0.25) is 0 Å². The lowest BCUT2D eigenvalue weighted by Crippen LogP contribution is -2.24. The maximum atomic E-state index is 12.0. The molecule has 0 unspecified atom stereocenters. The second kappa shape index (κ2) is 10.6. The number of rotatable bonds is 10. The van der Waals surface area contributed by atoms with Crippen molar-refractivity contribution >= 4 is 11.6 Å². The van der Waals surface area contributed by atoms with Crippen molar-refractivity contribution in [3.63, 3.8) is 0 Å². The number of carbonyl (C=O) groups is 1. The van der Waals surface area contributed by atoms with E-state index in [2.05, 4.69) is 17.6 Å². The van der Waals surface area contributed by atoms with E-state index in [0.29, 0.717) is 12.4 Å². The van der Waals surface area contributed by atoms with Gasteiger partial charge < -0.3 is 19.8 Å². The first-order valence-corrected chi connectivity index (χ1v) is 8.63. The number of carbonyl (C=O) groups excluding carboxylic acids is 1. The highest BCUT2D eigenvalue weighted by Crippen LogP contribution is 2.16. The van der Waals surface area contributed by atoms with E-state index >= 15 is 0 Å². The average Bonchev–Trinajstić information content (AvgIpc) is 3.19. The van der Waals surface area contributed by atoms with Crippen LogP contribution < -0.4 is 15.4 Å². The Morgan fingerprint density at radius 3 is 2.73 bits per heavy atom. The number of anilines is 1. The molecule has 0 aliphatic heterocycles. The third-order valence-corrected chi connectivity index (χ3v) is 3.62. The Balaban J connectivity index is 1.83. The maximum Gasteiger partial charge on any atom is 0.263 e. The molecule has 2 rings (SSSR count). The van der Waals surface area contributed by atoms with Crippen molar-refractivity contribution in [3.8, 4) is 11.8 Å². The number of benzene rings is 1. The summed E-state index contributed by atoms with van der Waals surface area (Å²) in [5.74, 6) is 0.956. The maximum absolute atomic E-state index is 12.0. The molecule has 1 aromatic carbocycles. The van der Waals surface area contributed by atoms with E-state index in [9.17, 15) is 4.79 Å². The van der Waals surface area contributed by atoms with Crippen molar-refractivity contribution in [2.75, 3.05) is 11.9 Å². The fourth-order valence-electron chi connectivity index (χ4n) is 2.17. The van der Waals surface area contributed by atoms with Gasteiger partial charge in [0.05, 0.1) is 19.4 Å². The standard InChI is InChI=1S/C20H23N3O3/c1-2-3-4-11-25-18-9-7-17(8-10-18)22-14-16(13-21)20(24)23-15-19-6-5-12-26-19/h5-10,12,14,22H,2-4,11,15H2,1H3,(H,23,24)/b16-14-. The van der Waals surface area contributed by atoms with E-state index in [1.807, 2.05) is 30.3 Å². The summed E-state index contributed by atoms with van der Waals surface area (Å²) in [4.78, 5) is 12.0. The van der Waals surface area contributed by atoms with E-state index in [4.69, 9.17) is 14.4 Å². The summed E-state index contributed by atoms with van der Waals surface area (Å²) in [6.45, 7) is 3.09. The van der Waals surface area contributed by atoms with Crippen molar-refractivity contribution in [2.24, 2.45) is 0 Å². The van der Waals surface area contributed by atoms with Gasteiger partial charge in [0, 0.05) is 11.9 Å². The average molecular weight is 353 g/mol. The van der Waals surface area contributed by atoms with Gasteiger partial charge in [-0.1, -0.05) is 19.8 Å². The molecule has 136 valence electrons. The third-order valence-electron chi connectivity index (χ3n) is 3.62. The quantitative estimate of drug-likeness (QED) is 0.383. The highest BCUT2D eigenvalue weighted by atomic mass is 16.5. The van der Waals surface area contributed by atoms with Crippen molar-refractivity contribution in [2.45, 2.75) is 32.7 Å². The van der Waals surface area contributed by atoms with Gasteiger partial charge in [-0.05, 0) is 42.8 Å². The van der Waals surface area contributed by atoms with Crippen LogP contribution in [0.1, 0.15) is 31.9 Å². The highest BCUT2D eigenvalue weighted by molar-refractivity contribution is 5.97. The Bertz CT molecular complexity index is 744. The summed E-state index contributed by atoms with van der Waals surface area (Å²) >= 11 is 0.